The molecule has 6 nitrogen and oxygen atoms in total. The molecule has 3 aromatic rings. The fraction of sp³-hybridized carbons (Fsp3) is 0.167. The van der Waals surface area contributed by atoms with Gasteiger partial charge in [0.2, 0.25) is 5.75 Å². The summed E-state index contributed by atoms with van der Waals surface area (Å²) in [6.07, 6.45) is 0. The topological polar surface area (TPSA) is 78.1 Å². The lowest BCUT2D eigenvalue weighted by atomic mass is 10.1. The lowest BCUT2D eigenvalue weighted by Crippen LogP contribution is -2.03. The fourth-order valence-corrected chi connectivity index (χ4v) is 2.51. The van der Waals surface area contributed by atoms with Crippen LogP contribution in [0.3, 0.4) is 0 Å². The van der Waals surface area contributed by atoms with Crippen molar-refractivity contribution >= 4 is 11.0 Å². The lowest BCUT2D eigenvalue weighted by molar-refractivity contribution is 0.350. The molecule has 1 heterocycles. The van der Waals surface area contributed by atoms with Gasteiger partial charge in [0.05, 0.1) is 21.3 Å². The number of hydrogen-bond acceptors (Lipinski definition) is 6. The molecule has 0 radical (unpaired) electrons. The number of fused-ring (bicyclic) bond motifs is 1. The lowest BCUT2D eigenvalue weighted by Gasteiger charge is -2.12. The van der Waals surface area contributed by atoms with Crippen LogP contribution in [0.5, 0.6) is 23.0 Å². The molecule has 124 valence electrons. The molecular formula is C18H16O6. The molecule has 0 aliphatic carbocycles. The van der Waals surface area contributed by atoms with Crippen molar-refractivity contribution in [2.45, 2.75) is 0 Å². The Kier molecular flexibility index (Phi) is 4.04. The third-order valence-electron chi connectivity index (χ3n) is 3.70. The van der Waals surface area contributed by atoms with E-state index in [9.17, 15) is 9.90 Å². The van der Waals surface area contributed by atoms with Crippen LogP contribution in [0.15, 0.2) is 45.6 Å². The summed E-state index contributed by atoms with van der Waals surface area (Å²) in [4.78, 5) is 12.4. The molecule has 0 saturated carbocycles. The van der Waals surface area contributed by atoms with Gasteiger partial charge in [0.1, 0.15) is 22.6 Å². The summed E-state index contributed by atoms with van der Waals surface area (Å²) < 4.78 is 21.4. The van der Waals surface area contributed by atoms with E-state index in [2.05, 4.69) is 0 Å². The van der Waals surface area contributed by atoms with Gasteiger partial charge in [0.15, 0.2) is 16.8 Å². The van der Waals surface area contributed by atoms with Crippen LogP contribution in [0.1, 0.15) is 0 Å². The third-order valence-corrected chi connectivity index (χ3v) is 3.70. The van der Waals surface area contributed by atoms with E-state index < -0.39 is 0 Å². The Labute approximate surface area is 137 Å². The van der Waals surface area contributed by atoms with E-state index in [1.807, 2.05) is 0 Å². The van der Waals surface area contributed by atoms with Gasteiger partial charge in [-0.15, -0.1) is 0 Å². The summed E-state index contributed by atoms with van der Waals surface area (Å²) in [5.74, 6) is 1.34. The van der Waals surface area contributed by atoms with Gasteiger partial charge in [-0.1, -0.05) is 0 Å². The van der Waals surface area contributed by atoms with Gasteiger partial charge in [0, 0.05) is 17.7 Å². The van der Waals surface area contributed by atoms with E-state index in [4.69, 9.17) is 18.6 Å². The minimum atomic E-state index is -0.375. The molecule has 24 heavy (non-hydrogen) atoms. The second kappa shape index (κ2) is 6.16. The van der Waals surface area contributed by atoms with E-state index in [0.717, 1.165) is 0 Å². The van der Waals surface area contributed by atoms with Crippen molar-refractivity contribution in [3.63, 3.8) is 0 Å². The SMILES string of the molecule is COc1ccc(-c2cc(=O)c3c(O)cc(OC)c(OC)c3o2)cc1. The van der Waals surface area contributed by atoms with Crippen molar-refractivity contribution in [1.82, 2.24) is 0 Å². The van der Waals surface area contributed by atoms with Gasteiger partial charge < -0.3 is 23.7 Å². The van der Waals surface area contributed by atoms with Gasteiger partial charge in [-0.3, -0.25) is 4.79 Å². The number of aromatic hydroxyl groups is 1. The molecule has 0 amide bonds. The highest BCUT2D eigenvalue weighted by Crippen LogP contribution is 2.40. The molecule has 0 spiro atoms. The van der Waals surface area contributed by atoms with E-state index >= 15 is 0 Å². The molecule has 0 fully saturated rings. The predicted molar refractivity (Wildman–Crippen MR) is 89.2 cm³/mol. The van der Waals surface area contributed by atoms with Crippen molar-refractivity contribution in [2.75, 3.05) is 21.3 Å². The molecule has 2 aromatic carbocycles. The zero-order chi connectivity index (χ0) is 17.3. The quantitative estimate of drug-likeness (QED) is 0.792. The first kappa shape index (κ1) is 15.7. The summed E-state index contributed by atoms with van der Waals surface area (Å²) >= 11 is 0. The molecule has 0 aliphatic heterocycles. The molecule has 0 aliphatic rings. The van der Waals surface area contributed by atoms with Crippen LogP contribution in [0, 0.1) is 0 Å². The molecule has 1 N–H and O–H groups in total. The highest BCUT2D eigenvalue weighted by atomic mass is 16.5. The van der Waals surface area contributed by atoms with Crippen molar-refractivity contribution in [3.05, 3.63) is 46.6 Å². The van der Waals surface area contributed by atoms with Crippen LogP contribution in [0.2, 0.25) is 0 Å². The van der Waals surface area contributed by atoms with Crippen LogP contribution < -0.4 is 19.6 Å². The Balaban J connectivity index is 2.29. The zero-order valence-electron chi connectivity index (χ0n) is 13.5. The number of methoxy groups -OCH3 is 3. The van der Waals surface area contributed by atoms with E-state index in [0.29, 0.717) is 17.1 Å². The van der Waals surface area contributed by atoms with Crippen LogP contribution in [0.25, 0.3) is 22.3 Å². The summed E-state index contributed by atoms with van der Waals surface area (Å²) in [5.41, 5.74) is 0.451. The molecular weight excluding hydrogens is 312 g/mol. The predicted octanol–water partition coefficient (Wildman–Crippen LogP) is 3.19. The Morgan fingerprint density at radius 3 is 2.25 bits per heavy atom. The van der Waals surface area contributed by atoms with Gasteiger partial charge in [-0.05, 0) is 24.3 Å². The molecule has 0 saturated heterocycles. The van der Waals surface area contributed by atoms with E-state index in [1.54, 1.807) is 31.4 Å². The third kappa shape index (κ3) is 2.52. The van der Waals surface area contributed by atoms with Crippen LogP contribution in [0.4, 0.5) is 0 Å². The van der Waals surface area contributed by atoms with Gasteiger partial charge in [0.25, 0.3) is 0 Å². The standard InChI is InChI=1S/C18H16O6/c1-21-11-6-4-10(5-7-11)14-8-12(19)16-13(20)9-15(22-2)17(23-3)18(16)24-14/h4-9,20H,1-3H3. The molecule has 3 rings (SSSR count). The molecule has 0 atom stereocenters. The zero-order valence-corrected chi connectivity index (χ0v) is 13.5. The van der Waals surface area contributed by atoms with Crippen molar-refractivity contribution in [3.8, 4) is 34.3 Å². The monoisotopic (exact) mass is 328 g/mol. The Morgan fingerprint density at radius 1 is 0.958 bits per heavy atom. The first-order valence-electron chi connectivity index (χ1n) is 7.15. The fourth-order valence-electron chi connectivity index (χ4n) is 2.51. The molecule has 0 unspecified atom stereocenters. The average Bonchev–Trinajstić information content (AvgIpc) is 2.61. The van der Waals surface area contributed by atoms with Gasteiger partial charge in [-0.25, -0.2) is 0 Å². The maximum atomic E-state index is 12.4. The number of hydrogen-bond donors (Lipinski definition) is 1. The Bertz CT molecular complexity index is 940. The minimum absolute atomic E-state index is 0.0462. The normalized spacial score (nSPS) is 10.6. The van der Waals surface area contributed by atoms with Crippen molar-refractivity contribution in [1.29, 1.82) is 0 Å². The highest BCUT2D eigenvalue weighted by Gasteiger charge is 2.19. The summed E-state index contributed by atoms with van der Waals surface area (Å²) in [5, 5.41) is 10.1. The molecule has 0 bridgehead atoms. The number of ether oxygens (including phenoxy) is 3. The van der Waals surface area contributed by atoms with Gasteiger partial charge in [-0.2, -0.15) is 0 Å². The summed E-state index contributed by atoms with van der Waals surface area (Å²) in [7, 11) is 4.45. The van der Waals surface area contributed by atoms with Crippen LogP contribution >= 0.6 is 0 Å². The number of phenols is 1. The molecule has 1 aromatic heterocycles. The van der Waals surface area contributed by atoms with Crippen LogP contribution in [-0.4, -0.2) is 26.4 Å². The van der Waals surface area contributed by atoms with E-state index in [1.165, 1.54) is 26.4 Å². The Hall–Kier alpha value is -3.15. The maximum Gasteiger partial charge on any atom is 0.205 e. The van der Waals surface area contributed by atoms with Crippen molar-refractivity contribution < 1.29 is 23.7 Å². The largest absolute Gasteiger partial charge is 0.507 e. The van der Waals surface area contributed by atoms with Crippen molar-refractivity contribution in [2.24, 2.45) is 0 Å². The average molecular weight is 328 g/mol. The van der Waals surface area contributed by atoms with Crippen LogP contribution in [-0.2, 0) is 0 Å². The smallest absolute Gasteiger partial charge is 0.205 e. The second-order valence-electron chi connectivity index (χ2n) is 5.04. The van der Waals surface area contributed by atoms with Gasteiger partial charge >= 0.3 is 0 Å². The first-order valence-corrected chi connectivity index (χ1v) is 7.15. The number of rotatable bonds is 4. The minimum Gasteiger partial charge on any atom is -0.507 e. The number of benzene rings is 2. The summed E-state index contributed by atoms with van der Waals surface area (Å²) in [6.45, 7) is 0. The highest BCUT2D eigenvalue weighted by molar-refractivity contribution is 5.91. The molecule has 6 heteroatoms. The summed E-state index contributed by atoms with van der Waals surface area (Å²) in [6, 6.07) is 9.73. The number of phenolic OH excluding ortho intramolecular Hbond substituents is 1. The maximum absolute atomic E-state index is 12.4. The second-order valence-corrected chi connectivity index (χ2v) is 5.04. The Morgan fingerprint density at radius 2 is 1.67 bits per heavy atom. The van der Waals surface area contributed by atoms with E-state index in [-0.39, 0.29) is 33.6 Å². The first-order chi connectivity index (χ1) is 11.6.